The predicted octanol–water partition coefficient (Wildman–Crippen LogP) is 1.43. The fourth-order valence-corrected chi connectivity index (χ4v) is 3.64. The quantitative estimate of drug-likeness (QED) is 0.441. The number of likely N-dealkylation sites (N-methyl/N-ethyl adjacent to an activating group) is 1. The lowest BCUT2D eigenvalue weighted by Gasteiger charge is -2.16. The van der Waals surface area contributed by atoms with E-state index in [2.05, 4.69) is 15.8 Å². The molecule has 0 fully saturated rings. The smallest absolute Gasteiger partial charge is 0.255 e. The Morgan fingerprint density at radius 3 is 2.35 bits per heavy atom. The Morgan fingerprint density at radius 2 is 1.77 bits per heavy atom. The number of hydrogen-bond donors (Lipinski definition) is 2. The maximum atomic E-state index is 12.6. The van der Waals surface area contributed by atoms with Crippen LogP contribution in [0, 0.1) is 0 Å². The summed E-state index contributed by atoms with van der Waals surface area (Å²) in [5, 5.41) is 6.40. The van der Waals surface area contributed by atoms with E-state index in [1.165, 1.54) is 58.7 Å². The van der Waals surface area contributed by atoms with Gasteiger partial charge in [0.2, 0.25) is 15.9 Å². The van der Waals surface area contributed by atoms with E-state index in [1.54, 1.807) is 18.2 Å². The molecular formula is C20H24N4O6S. The van der Waals surface area contributed by atoms with Crippen LogP contribution in [0.3, 0.4) is 0 Å². The number of methoxy groups -OCH3 is 2. The molecule has 10 nitrogen and oxygen atoms in total. The van der Waals surface area contributed by atoms with Crippen molar-refractivity contribution < 1.29 is 27.5 Å². The summed E-state index contributed by atoms with van der Waals surface area (Å²) in [7, 11) is 0.409. The summed E-state index contributed by atoms with van der Waals surface area (Å²) in [6.45, 7) is 0.914. The molecule has 0 aromatic heterocycles. The van der Waals surface area contributed by atoms with Crippen molar-refractivity contribution in [3.63, 3.8) is 0 Å². The normalized spacial score (nSPS) is 11.4. The van der Waals surface area contributed by atoms with E-state index in [1.807, 2.05) is 0 Å². The molecule has 11 heteroatoms. The van der Waals surface area contributed by atoms with Crippen LogP contribution in [0.5, 0.6) is 11.5 Å². The van der Waals surface area contributed by atoms with E-state index in [4.69, 9.17) is 9.47 Å². The van der Waals surface area contributed by atoms with E-state index in [0.29, 0.717) is 22.7 Å². The molecule has 2 aromatic carbocycles. The molecule has 0 bridgehead atoms. The van der Waals surface area contributed by atoms with Crippen LogP contribution in [0.1, 0.15) is 12.5 Å². The number of nitrogens with one attached hydrogen (secondary N) is 2. The average molecular weight is 449 g/mol. The molecule has 0 saturated heterocycles. The molecular weight excluding hydrogens is 424 g/mol. The molecule has 166 valence electrons. The summed E-state index contributed by atoms with van der Waals surface area (Å²) in [5.41, 5.74) is 3.35. The third-order valence-electron chi connectivity index (χ3n) is 4.08. The second kappa shape index (κ2) is 10.5. The van der Waals surface area contributed by atoms with Crippen molar-refractivity contribution >= 4 is 33.7 Å². The van der Waals surface area contributed by atoms with Gasteiger partial charge in [-0.3, -0.25) is 9.59 Å². The Labute approximate surface area is 180 Å². The van der Waals surface area contributed by atoms with Gasteiger partial charge in [0.15, 0.2) is 0 Å². The Kier molecular flexibility index (Phi) is 8.11. The van der Waals surface area contributed by atoms with Crippen molar-refractivity contribution in [2.75, 3.05) is 33.1 Å². The highest BCUT2D eigenvalue weighted by atomic mass is 32.2. The molecule has 2 amide bonds. The summed E-state index contributed by atoms with van der Waals surface area (Å²) >= 11 is 0. The minimum absolute atomic E-state index is 0.0108. The average Bonchev–Trinajstić information content (AvgIpc) is 2.73. The van der Waals surface area contributed by atoms with E-state index in [0.717, 1.165) is 4.31 Å². The standard InChI is InChI=1S/C20H24N4O6S/c1-14(25)22-16-6-9-18(10-7-16)31(27,28)24(2)13-20(26)23-21-12-15-5-8-17(29-3)11-19(15)30-4/h5-12H,13H2,1-4H3,(H,22,25)(H,23,26)/b21-12+. The summed E-state index contributed by atoms with van der Waals surface area (Å²) in [4.78, 5) is 23.2. The molecule has 0 spiro atoms. The number of rotatable bonds is 9. The molecule has 0 heterocycles. The zero-order valence-corrected chi connectivity index (χ0v) is 18.4. The lowest BCUT2D eigenvalue weighted by atomic mass is 10.2. The zero-order valence-electron chi connectivity index (χ0n) is 17.6. The fourth-order valence-electron chi connectivity index (χ4n) is 2.51. The number of hydrazone groups is 1. The lowest BCUT2D eigenvalue weighted by Crippen LogP contribution is -2.36. The number of anilines is 1. The van der Waals surface area contributed by atoms with Crippen LogP contribution in [-0.4, -0.2) is 58.6 Å². The second-order valence-corrected chi connectivity index (χ2v) is 8.41. The Bertz CT molecular complexity index is 1070. The number of nitrogens with zero attached hydrogens (tertiary/aromatic N) is 2. The third-order valence-corrected chi connectivity index (χ3v) is 5.90. The highest BCUT2D eigenvalue weighted by Crippen LogP contribution is 2.23. The summed E-state index contributed by atoms with van der Waals surface area (Å²) < 4.78 is 36.5. The fraction of sp³-hybridized carbons (Fsp3) is 0.250. The first kappa shape index (κ1) is 23.8. The number of carbonyl (C=O) groups is 2. The van der Waals surface area contributed by atoms with Crippen LogP contribution < -0.4 is 20.2 Å². The SMILES string of the molecule is COc1ccc(/C=N/NC(=O)CN(C)S(=O)(=O)c2ccc(NC(C)=O)cc2)c(OC)c1. The largest absolute Gasteiger partial charge is 0.497 e. The summed E-state index contributed by atoms with van der Waals surface area (Å²) in [6.07, 6.45) is 1.38. The molecule has 0 unspecified atom stereocenters. The molecule has 0 saturated carbocycles. The van der Waals surface area contributed by atoms with Crippen molar-refractivity contribution in [3.8, 4) is 11.5 Å². The maximum Gasteiger partial charge on any atom is 0.255 e. The van der Waals surface area contributed by atoms with Gasteiger partial charge in [0.25, 0.3) is 5.91 Å². The minimum atomic E-state index is -3.90. The van der Waals surface area contributed by atoms with Crippen LogP contribution in [-0.2, 0) is 19.6 Å². The van der Waals surface area contributed by atoms with Crippen molar-refractivity contribution in [3.05, 3.63) is 48.0 Å². The highest BCUT2D eigenvalue weighted by molar-refractivity contribution is 7.89. The Hall–Kier alpha value is -3.44. The predicted molar refractivity (Wildman–Crippen MR) is 116 cm³/mol. The van der Waals surface area contributed by atoms with Crippen LogP contribution in [0.15, 0.2) is 52.5 Å². The zero-order chi connectivity index (χ0) is 23.0. The van der Waals surface area contributed by atoms with Crippen molar-refractivity contribution in [2.45, 2.75) is 11.8 Å². The molecule has 0 radical (unpaired) electrons. The van der Waals surface area contributed by atoms with Crippen molar-refractivity contribution in [1.82, 2.24) is 9.73 Å². The molecule has 0 atom stereocenters. The first-order chi connectivity index (χ1) is 14.7. The van der Waals surface area contributed by atoms with Gasteiger partial charge in [-0.15, -0.1) is 0 Å². The number of benzene rings is 2. The molecule has 2 aromatic rings. The van der Waals surface area contributed by atoms with E-state index < -0.39 is 22.5 Å². The topological polar surface area (TPSA) is 126 Å². The van der Waals surface area contributed by atoms with Gasteiger partial charge in [-0.05, 0) is 36.4 Å². The number of hydrogen-bond acceptors (Lipinski definition) is 7. The highest BCUT2D eigenvalue weighted by Gasteiger charge is 2.22. The van der Waals surface area contributed by atoms with Crippen LogP contribution in [0.2, 0.25) is 0 Å². The van der Waals surface area contributed by atoms with Crippen LogP contribution in [0.25, 0.3) is 0 Å². The second-order valence-electron chi connectivity index (χ2n) is 6.37. The van der Waals surface area contributed by atoms with E-state index in [9.17, 15) is 18.0 Å². The first-order valence-corrected chi connectivity index (χ1v) is 10.5. The molecule has 31 heavy (non-hydrogen) atoms. The van der Waals surface area contributed by atoms with Gasteiger partial charge in [-0.2, -0.15) is 9.41 Å². The van der Waals surface area contributed by atoms with Crippen LogP contribution >= 0.6 is 0 Å². The minimum Gasteiger partial charge on any atom is -0.497 e. The van der Waals surface area contributed by atoms with Gasteiger partial charge < -0.3 is 14.8 Å². The Balaban J connectivity index is 2.00. The van der Waals surface area contributed by atoms with Crippen molar-refractivity contribution in [1.29, 1.82) is 0 Å². The summed E-state index contributed by atoms with van der Waals surface area (Å²) in [5.74, 6) is 0.219. The molecule has 0 aliphatic rings. The molecule has 2 rings (SSSR count). The van der Waals surface area contributed by atoms with Gasteiger partial charge in [0.1, 0.15) is 11.5 Å². The number of amides is 2. The summed E-state index contributed by atoms with van der Waals surface area (Å²) in [6, 6.07) is 10.7. The molecule has 0 aliphatic carbocycles. The third kappa shape index (κ3) is 6.52. The lowest BCUT2D eigenvalue weighted by molar-refractivity contribution is -0.121. The van der Waals surface area contributed by atoms with Gasteiger partial charge in [0, 0.05) is 31.3 Å². The number of ether oxygens (including phenoxy) is 2. The monoisotopic (exact) mass is 448 g/mol. The number of sulfonamides is 1. The van der Waals surface area contributed by atoms with Gasteiger partial charge in [-0.25, -0.2) is 13.8 Å². The van der Waals surface area contributed by atoms with Gasteiger partial charge in [0.05, 0.1) is 31.9 Å². The number of carbonyl (C=O) groups excluding carboxylic acids is 2. The van der Waals surface area contributed by atoms with E-state index >= 15 is 0 Å². The first-order valence-electron chi connectivity index (χ1n) is 9.05. The van der Waals surface area contributed by atoms with Gasteiger partial charge >= 0.3 is 0 Å². The molecule has 2 N–H and O–H groups in total. The molecule has 0 aliphatic heterocycles. The maximum absolute atomic E-state index is 12.6. The Morgan fingerprint density at radius 1 is 1.10 bits per heavy atom. The van der Waals surface area contributed by atoms with Crippen molar-refractivity contribution in [2.24, 2.45) is 5.10 Å². The van der Waals surface area contributed by atoms with E-state index in [-0.39, 0.29) is 10.8 Å². The van der Waals surface area contributed by atoms with Crippen LogP contribution in [0.4, 0.5) is 5.69 Å². The van der Waals surface area contributed by atoms with Gasteiger partial charge in [-0.1, -0.05) is 0 Å².